The molecule has 0 amide bonds. The van der Waals surface area contributed by atoms with Gasteiger partial charge in [0.15, 0.2) is 0 Å². The minimum Gasteiger partial charge on any atom is -0.443 e. The van der Waals surface area contributed by atoms with Crippen molar-refractivity contribution in [3.05, 3.63) is 84.3 Å². The van der Waals surface area contributed by atoms with Crippen molar-refractivity contribution < 1.29 is 8.81 Å². The number of rotatable bonds is 9. The zero-order valence-corrected chi connectivity index (χ0v) is 17.5. The molecule has 162 valence electrons. The highest BCUT2D eigenvalue weighted by Crippen LogP contribution is 2.24. The van der Waals surface area contributed by atoms with Crippen molar-refractivity contribution in [1.29, 1.82) is 0 Å². The first-order valence-electron chi connectivity index (χ1n) is 10.6. The van der Waals surface area contributed by atoms with Gasteiger partial charge in [0.05, 0.1) is 18.4 Å². The van der Waals surface area contributed by atoms with E-state index in [0.717, 1.165) is 53.8 Å². The molecule has 0 aliphatic rings. The van der Waals surface area contributed by atoms with E-state index in [0.29, 0.717) is 12.4 Å². The molecule has 0 aliphatic heterocycles. The molecule has 0 saturated heterocycles. The predicted octanol–water partition coefficient (Wildman–Crippen LogP) is 5.19. The normalized spacial score (nSPS) is 11.3. The number of oxazole rings is 1. The monoisotopic (exact) mass is 430 g/mol. The summed E-state index contributed by atoms with van der Waals surface area (Å²) in [6, 6.07) is 14.9. The molecule has 32 heavy (non-hydrogen) atoms. The molecule has 2 N–H and O–H groups in total. The molecule has 5 rings (SSSR count). The molecule has 3 aromatic heterocycles. The van der Waals surface area contributed by atoms with E-state index >= 15 is 0 Å². The second-order valence-electron chi connectivity index (χ2n) is 7.73. The summed E-state index contributed by atoms with van der Waals surface area (Å²) in [7, 11) is 0. The fourth-order valence-corrected chi connectivity index (χ4v) is 3.67. The lowest BCUT2D eigenvalue weighted by atomic mass is 10.1. The molecule has 0 bridgehead atoms. The van der Waals surface area contributed by atoms with Crippen molar-refractivity contribution in [3.8, 4) is 11.6 Å². The Hall–Kier alpha value is -3.94. The van der Waals surface area contributed by atoms with E-state index in [1.165, 1.54) is 17.7 Å². The summed E-state index contributed by atoms with van der Waals surface area (Å²) in [5, 5.41) is 12.0. The summed E-state index contributed by atoms with van der Waals surface area (Å²) in [6.45, 7) is 1.45. The van der Waals surface area contributed by atoms with Gasteiger partial charge in [0, 0.05) is 29.3 Å². The van der Waals surface area contributed by atoms with E-state index in [2.05, 4.69) is 49.9 Å². The molecule has 0 fully saturated rings. The molecule has 0 radical (unpaired) electrons. The largest absolute Gasteiger partial charge is 0.443 e. The van der Waals surface area contributed by atoms with Crippen LogP contribution in [0.1, 0.15) is 24.1 Å². The summed E-state index contributed by atoms with van der Waals surface area (Å²) < 4.78 is 20.9. The SMILES string of the molecule is Fc1ccc2[nH]c(-c3nc(CNc4ccc(CCCCn5ccnn5)cc4)co3)cc2c1. The van der Waals surface area contributed by atoms with Gasteiger partial charge >= 0.3 is 0 Å². The number of fused-ring (bicyclic) bond motifs is 1. The highest BCUT2D eigenvalue weighted by molar-refractivity contribution is 5.84. The molecule has 3 heterocycles. The Labute approximate surface area is 184 Å². The second kappa shape index (κ2) is 9.05. The first-order chi connectivity index (χ1) is 15.7. The average molecular weight is 430 g/mol. The summed E-state index contributed by atoms with van der Waals surface area (Å²) >= 11 is 0. The van der Waals surface area contributed by atoms with Crippen molar-refractivity contribution in [3.63, 3.8) is 0 Å². The second-order valence-corrected chi connectivity index (χ2v) is 7.73. The standard InChI is InChI=1S/C24H23FN6O/c25-19-6-9-22-18(13-19)14-23(29-22)24-28-21(16-32-24)15-26-20-7-4-17(5-8-20)3-1-2-11-31-12-10-27-30-31/h4-10,12-14,16,26,29H,1-3,11,15H2. The van der Waals surface area contributed by atoms with E-state index in [-0.39, 0.29) is 5.82 Å². The third kappa shape index (κ3) is 4.69. The van der Waals surface area contributed by atoms with E-state index in [9.17, 15) is 4.39 Å². The topological polar surface area (TPSA) is 84.6 Å². The zero-order chi connectivity index (χ0) is 21.8. The Morgan fingerprint density at radius 1 is 1.06 bits per heavy atom. The smallest absolute Gasteiger partial charge is 0.243 e. The number of hydrogen-bond acceptors (Lipinski definition) is 5. The molecule has 5 aromatic rings. The van der Waals surface area contributed by atoms with Gasteiger partial charge in [0.2, 0.25) is 5.89 Å². The number of aromatic amines is 1. The average Bonchev–Trinajstić information content (AvgIpc) is 3.56. The summed E-state index contributed by atoms with van der Waals surface area (Å²) in [5.41, 5.74) is 4.71. The molecule has 0 saturated carbocycles. The van der Waals surface area contributed by atoms with Crippen molar-refractivity contribution in [1.82, 2.24) is 25.0 Å². The van der Waals surface area contributed by atoms with Crippen LogP contribution in [0.2, 0.25) is 0 Å². The van der Waals surface area contributed by atoms with Crippen LogP contribution < -0.4 is 5.32 Å². The van der Waals surface area contributed by atoms with Gasteiger partial charge < -0.3 is 14.7 Å². The van der Waals surface area contributed by atoms with E-state index < -0.39 is 0 Å². The molecule has 0 aliphatic carbocycles. The highest BCUT2D eigenvalue weighted by Gasteiger charge is 2.10. The molecule has 0 unspecified atom stereocenters. The van der Waals surface area contributed by atoms with Gasteiger partial charge in [-0.15, -0.1) is 5.10 Å². The molecule has 0 spiro atoms. The Morgan fingerprint density at radius 3 is 2.81 bits per heavy atom. The fourth-order valence-electron chi connectivity index (χ4n) is 3.67. The van der Waals surface area contributed by atoms with Crippen LogP contribution in [0.5, 0.6) is 0 Å². The van der Waals surface area contributed by atoms with Crippen LogP contribution in [0.25, 0.3) is 22.5 Å². The Kier molecular flexibility index (Phi) is 5.65. The van der Waals surface area contributed by atoms with Gasteiger partial charge in [-0.2, -0.15) is 0 Å². The lowest BCUT2D eigenvalue weighted by molar-refractivity contribution is 0.541. The van der Waals surface area contributed by atoms with Gasteiger partial charge in [-0.3, -0.25) is 4.68 Å². The molecular weight excluding hydrogens is 407 g/mol. The molecule has 7 nitrogen and oxygen atoms in total. The van der Waals surface area contributed by atoms with Gasteiger partial charge in [0.1, 0.15) is 17.8 Å². The Morgan fingerprint density at radius 2 is 1.97 bits per heavy atom. The molecule has 2 aromatic carbocycles. The Bertz CT molecular complexity index is 1290. The quantitative estimate of drug-likeness (QED) is 0.315. The number of anilines is 1. The first kappa shape index (κ1) is 20.0. The first-order valence-corrected chi connectivity index (χ1v) is 10.6. The predicted molar refractivity (Wildman–Crippen MR) is 120 cm³/mol. The number of nitrogens with zero attached hydrogens (tertiary/aromatic N) is 4. The lowest BCUT2D eigenvalue weighted by Crippen LogP contribution is -2.00. The molecule has 0 atom stereocenters. The van der Waals surface area contributed by atoms with Crippen molar-refractivity contribution in [2.24, 2.45) is 0 Å². The third-order valence-corrected chi connectivity index (χ3v) is 5.37. The van der Waals surface area contributed by atoms with Crippen molar-refractivity contribution in [2.45, 2.75) is 32.4 Å². The number of benzene rings is 2. The number of unbranched alkanes of at least 4 members (excludes halogenated alkanes) is 1. The van der Waals surface area contributed by atoms with Crippen LogP contribution in [-0.2, 0) is 19.5 Å². The maximum atomic E-state index is 13.4. The number of nitrogens with one attached hydrogen (secondary N) is 2. The summed E-state index contributed by atoms with van der Waals surface area (Å²) in [6.07, 6.45) is 8.45. The van der Waals surface area contributed by atoms with Crippen LogP contribution in [-0.4, -0.2) is 25.0 Å². The minimum atomic E-state index is -0.266. The minimum absolute atomic E-state index is 0.266. The zero-order valence-electron chi connectivity index (χ0n) is 17.5. The van der Waals surface area contributed by atoms with Crippen LogP contribution in [0, 0.1) is 5.82 Å². The van der Waals surface area contributed by atoms with E-state index in [1.807, 2.05) is 16.9 Å². The van der Waals surface area contributed by atoms with Crippen molar-refractivity contribution in [2.75, 3.05) is 5.32 Å². The van der Waals surface area contributed by atoms with Crippen molar-refractivity contribution >= 4 is 16.6 Å². The number of aryl methyl sites for hydroxylation is 2. The van der Waals surface area contributed by atoms with Gasteiger partial charge in [-0.1, -0.05) is 17.3 Å². The van der Waals surface area contributed by atoms with E-state index in [1.54, 1.807) is 18.5 Å². The summed E-state index contributed by atoms with van der Waals surface area (Å²) in [5.74, 6) is 0.220. The van der Waals surface area contributed by atoms with Crippen LogP contribution in [0.3, 0.4) is 0 Å². The Balaban J connectivity index is 1.12. The molecular formula is C24H23FN6O. The fraction of sp³-hybridized carbons (Fsp3) is 0.208. The van der Waals surface area contributed by atoms with Crippen LogP contribution >= 0.6 is 0 Å². The summed E-state index contributed by atoms with van der Waals surface area (Å²) in [4.78, 5) is 7.75. The maximum absolute atomic E-state index is 13.4. The molecule has 8 heteroatoms. The van der Waals surface area contributed by atoms with Gasteiger partial charge in [-0.25, -0.2) is 9.37 Å². The lowest BCUT2D eigenvalue weighted by Gasteiger charge is -2.06. The highest BCUT2D eigenvalue weighted by atomic mass is 19.1. The van der Waals surface area contributed by atoms with Gasteiger partial charge in [0.25, 0.3) is 0 Å². The third-order valence-electron chi connectivity index (χ3n) is 5.37. The number of aromatic nitrogens is 5. The number of hydrogen-bond donors (Lipinski definition) is 2. The van der Waals surface area contributed by atoms with Crippen LogP contribution in [0.15, 0.2) is 71.6 Å². The van der Waals surface area contributed by atoms with Gasteiger partial charge in [-0.05, 0) is 61.2 Å². The number of H-pyrrole nitrogens is 1. The van der Waals surface area contributed by atoms with E-state index in [4.69, 9.17) is 4.42 Å². The van der Waals surface area contributed by atoms with Crippen LogP contribution in [0.4, 0.5) is 10.1 Å². The number of halogens is 1. The maximum Gasteiger partial charge on any atom is 0.243 e.